The van der Waals surface area contributed by atoms with Crippen LogP contribution in [0.15, 0.2) is 24.3 Å². The molecule has 4 nitrogen and oxygen atoms in total. The molecular formula is C11H17ClN2O2S. The standard InChI is InChI=1S/C11H17ClN2O2S/c1-2-6-13-7-8-17(15,16)14-11-5-3-4-10(12)9-11/h3-5,9,13-14H,2,6-8H2,1H3. The third kappa shape index (κ3) is 5.91. The molecule has 0 bridgehead atoms. The van der Waals surface area contributed by atoms with Gasteiger partial charge >= 0.3 is 0 Å². The second-order valence-electron chi connectivity index (χ2n) is 3.68. The lowest BCUT2D eigenvalue weighted by Gasteiger charge is -2.08. The maximum atomic E-state index is 11.7. The highest BCUT2D eigenvalue weighted by atomic mass is 35.5. The van der Waals surface area contributed by atoms with Crippen molar-refractivity contribution in [3.8, 4) is 0 Å². The van der Waals surface area contributed by atoms with E-state index >= 15 is 0 Å². The zero-order valence-electron chi connectivity index (χ0n) is 9.74. The quantitative estimate of drug-likeness (QED) is 0.750. The summed E-state index contributed by atoms with van der Waals surface area (Å²) in [7, 11) is -3.30. The van der Waals surface area contributed by atoms with Crippen LogP contribution in [0.3, 0.4) is 0 Å². The highest BCUT2D eigenvalue weighted by Crippen LogP contribution is 2.15. The average Bonchev–Trinajstić information content (AvgIpc) is 2.24. The predicted octanol–water partition coefficient (Wildman–Crippen LogP) is 2.08. The molecule has 96 valence electrons. The van der Waals surface area contributed by atoms with Gasteiger partial charge in [0, 0.05) is 17.3 Å². The van der Waals surface area contributed by atoms with Crippen LogP contribution in [0.1, 0.15) is 13.3 Å². The van der Waals surface area contributed by atoms with Crippen molar-refractivity contribution in [2.75, 3.05) is 23.6 Å². The van der Waals surface area contributed by atoms with Crippen LogP contribution < -0.4 is 10.0 Å². The lowest BCUT2D eigenvalue weighted by Crippen LogP contribution is -2.27. The van der Waals surface area contributed by atoms with Crippen LogP contribution in [0.5, 0.6) is 0 Å². The topological polar surface area (TPSA) is 58.2 Å². The van der Waals surface area contributed by atoms with Crippen molar-refractivity contribution < 1.29 is 8.42 Å². The van der Waals surface area contributed by atoms with E-state index in [-0.39, 0.29) is 5.75 Å². The second kappa shape index (κ2) is 6.83. The molecule has 6 heteroatoms. The normalized spacial score (nSPS) is 11.4. The Labute approximate surface area is 107 Å². The fraction of sp³-hybridized carbons (Fsp3) is 0.455. The zero-order chi connectivity index (χ0) is 12.7. The number of halogens is 1. The Balaban J connectivity index is 2.49. The summed E-state index contributed by atoms with van der Waals surface area (Å²) >= 11 is 5.77. The molecule has 0 fully saturated rings. The highest BCUT2D eigenvalue weighted by Gasteiger charge is 2.09. The Kier molecular flexibility index (Phi) is 5.74. The maximum absolute atomic E-state index is 11.7. The molecule has 0 aliphatic rings. The highest BCUT2D eigenvalue weighted by molar-refractivity contribution is 7.92. The number of sulfonamides is 1. The number of hydrogen-bond acceptors (Lipinski definition) is 3. The van der Waals surface area contributed by atoms with E-state index in [9.17, 15) is 8.42 Å². The number of anilines is 1. The molecule has 0 aromatic heterocycles. The average molecular weight is 277 g/mol. The summed E-state index contributed by atoms with van der Waals surface area (Å²) in [4.78, 5) is 0. The van der Waals surface area contributed by atoms with Crippen LogP contribution in [-0.2, 0) is 10.0 Å². The van der Waals surface area contributed by atoms with E-state index in [2.05, 4.69) is 10.0 Å². The van der Waals surface area contributed by atoms with Gasteiger partial charge in [0.15, 0.2) is 0 Å². The monoisotopic (exact) mass is 276 g/mol. The largest absolute Gasteiger partial charge is 0.316 e. The van der Waals surface area contributed by atoms with E-state index in [0.717, 1.165) is 13.0 Å². The number of rotatable bonds is 7. The second-order valence-corrected chi connectivity index (χ2v) is 5.96. The molecule has 1 aromatic rings. The van der Waals surface area contributed by atoms with Crippen molar-refractivity contribution in [3.05, 3.63) is 29.3 Å². The molecule has 0 atom stereocenters. The molecule has 1 aromatic carbocycles. The molecule has 0 unspecified atom stereocenters. The van der Waals surface area contributed by atoms with Gasteiger partial charge in [-0.3, -0.25) is 4.72 Å². The summed E-state index contributed by atoms with van der Waals surface area (Å²) in [6, 6.07) is 6.65. The van der Waals surface area contributed by atoms with Gasteiger partial charge in [-0.1, -0.05) is 24.6 Å². The first-order valence-electron chi connectivity index (χ1n) is 5.50. The van der Waals surface area contributed by atoms with Crippen molar-refractivity contribution in [2.45, 2.75) is 13.3 Å². The third-order valence-electron chi connectivity index (χ3n) is 2.07. The summed E-state index contributed by atoms with van der Waals surface area (Å²) in [6.45, 7) is 3.31. The molecule has 0 amide bonds. The fourth-order valence-corrected chi connectivity index (χ4v) is 2.48. The molecule has 1 rings (SSSR count). The van der Waals surface area contributed by atoms with Gasteiger partial charge in [-0.2, -0.15) is 0 Å². The molecule has 0 radical (unpaired) electrons. The molecular weight excluding hydrogens is 260 g/mol. The van der Waals surface area contributed by atoms with Crippen molar-refractivity contribution >= 4 is 27.3 Å². The Morgan fingerprint density at radius 2 is 2.06 bits per heavy atom. The van der Waals surface area contributed by atoms with E-state index in [4.69, 9.17) is 11.6 Å². The van der Waals surface area contributed by atoms with Gasteiger partial charge in [-0.25, -0.2) is 8.42 Å². The summed E-state index contributed by atoms with van der Waals surface area (Å²) in [5, 5.41) is 3.55. The Hall–Kier alpha value is -0.780. The summed E-state index contributed by atoms with van der Waals surface area (Å²) < 4.78 is 25.8. The molecule has 17 heavy (non-hydrogen) atoms. The van der Waals surface area contributed by atoms with Gasteiger partial charge < -0.3 is 5.32 Å². The van der Waals surface area contributed by atoms with Gasteiger partial charge in [0.25, 0.3) is 0 Å². The van der Waals surface area contributed by atoms with Crippen LogP contribution in [-0.4, -0.2) is 27.3 Å². The van der Waals surface area contributed by atoms with E-state index in [1.165, 1.54) is 0 Å². The molecule has 0 saturated heterocycles. The van der Waals surface area contributed by atoms with Gasteiger partial charge in [0.2, 0.25) is 10.0 Å². The molecule has 0 aliphatic heterocycles. The number of benzene rings is 1. The molecule has 0 heterocycles. The minimum Gasteiger partial charge on any atom is -0.316 e. The first-order valence-corrected chi connectivity index (χ1v) is 7.53. The molecule has 0 saturated carbocycles. The Bertz CT molecular complexity index is 449. The van der Waals surface area contributed by atoms with Crippen molar-refractivity contribution in [1.29, 1.82) is 0 Å². The Morgan fingerprint density at radius 3 is 2.71 bits per heavy atom. The van der Waals surface area contributed by atoms with Crippen molar-refractivity contribution in [3.63, 3.8) is 0 Å². The Morgan fingerprint density at radius 1 is 1.29 bits per heavy atom. The smallest absolute Gasteiger partial charge is 0.233 e. The zero-order valence-corrected chi connectivity index (χ0v) is 11.3. The molecule has 0 spiro atoms. The van der Waals surface area contributed by atoms with Crippen LogP contribution in [0.4, 0.5) is 5.69 Å². The SMILES string of the molecule is CCCNCCS(=O)(=O)Nc1cccc(Cl)c1. The first-order chi connectivity index (χ1) is 8.03. The first kappa shape index (κ1) is 14.3. The molecule has 2 N–H and O–H groups in total. The van der Waals surface area contributed by atoms with Gasteiger partial charge in [-0.05, 0) is 31.2 Å². The van der Waals surface area contributed by atoms with Crippen molar-refractivity contribution in [2.24, 2.45) is 0 Å². The number of hydrogen-bond donors (Lipinski definition) is 2. The van der Waals surface area contributed by atoms with E-state index in [0.29, 0.717) is 17.3 Å². The third-order valence-corrected chi connectivity index (χ3v) is 3.60. The van der Waals surface area contributed by atoms with Crippen LogP contribution in [0, 0.1) is 0 Å². The molecule has 0 aliphatic carbocycles. The van der Waals surface area contributed by atoms with Gasteiger partial charge in [-0.15, -0.1) is 0 Å². The van der Waals surface area contributed by atoms with E-state index in [1.54, 1.807) is 24.3 Å². The number of nitrogens with one attached hydrogen (secondary N) is 2. The van der Waals surface area contributed by atoms with Crippen LogP contribution >= 0.6 is 11.6 Å². The van der Waals surface area contributed by atoms with Gasteiger partial charge in [0.05, 0.1) is 5.75 Å². The van der Waals surface area contributed by atoms with Crippen LogP contribution in [0.2, 0.25) is 5.02 Å². The summed E-state index contributed by atoms with van der Waals surface area (Å²) in [5.74, 6) is 0.0551. The minimum atomic E-state index is -3.30. The maximum Gasteiger partial charge on any atom is 0.233 e. The van der Waals surface area contributed by atoms with Crippen LogP contribution in [0.25, 0.3) is 0 Å². The van der Waals surface area contributed by atoms with E-state index in [1.807, 2.05) is 6.92 Å². The van der Waals surface area contributed by atoms with Gasteiger partial charge in [0.1, 0.15) is 0 Å². The lowest BCUT2D eigenvalue weighted by atomic mass is 10.3. The lowest BCUT2D eigenvalue weighted by molar-refractivity contribution is 0.595. The van der Waals surface area contributed by atoms with E-state index < -0.39 is 10.0 Å². The summed E-state index contributed by atoms with van der Waals surface area (Å²) in [6.07, 6.45) is 0.988. The minimum absolute atomic E-state index is 0.0551. The van der Waals surface area contributed by atoms with Crippen molar-refractivity contribution in [1.82, 2.24) is 5.32 Å². The predicted molar refractivity (Wildman–Crippen MR) is 72.0 cm³/mol. The summed E-state index contributed by atoms with van der Waals surface area (Å²) in [5.41, 5.74) is 0.494. The fourth-order valence-electron chi connectivity index (χ4n) is 1.29.